The Bertz CT molecular complexity index is 4170. The first-order valence-corrected chi connectivity index (χ1v) is 26.2. The molecule has 0 aliphatic heterocycles. The molecule has 0 aliphatic rings. The third-order valence-corrected chi connectivity index (χ3v) is 19.6. The van der Waals surface area contributed by atoms with Crippen LogP contribution in [0.5, 0.6) is 0 Å². The van der Waals surface area contributed by atoms with Crippen LogP contribution in [-0.2, 0) is 0 Å². The van der Waals surface area contributed by atoms with E-state index >= 15 is 0 Å². The Balaban J connectivity index is 0.949. The third-order valence-electron chi connectivity index (χ3n) is 14.8. The van der Waals surface area contributed by atoms with Gasteiger partial charge in [0.2, 0.25) is 0 Å². The number of hydrogen-bond donors (Lipinski definition) is 0. The molecule has 0 radical (unpaired) electrons. The zero-order valence-corrected chi connectivity index (χ0v) is 39.3. The standard InChI is InChI=1S/C66H45N3Si/c1-5-19-48(20-6-1)67-61-30-16-13-27-55(61)58-40-33-46(43-64(58)67)47-34-41-59-56-28-15-18-32-63(56)69(65(59)44-47)50-37-42-60-57-29-14-17-31-62(57)68(66(60)45-50)49-35-38-54(39-36-49)70(51-21-7-2-8-22-51,52-23-9-3-10-24-52)53-25-11-4-12-26-53/h1-45H. The summed E-state index contributed by atoms with van der Waals surface area (Å²) in [7, 11) is -2.70. The summed E-state index contributed by atoms with van der Waals surface area (Å²) >= 11 is 0. The number of para-hydroxylation sites is 4. The van der Waals surface area contributed by atoms with Gasteiger partial charge in [-0.15, -0.1) is 0 Å². The van der Waals surface area contributed by atoms with Gasteiger partial charge >= 0.3 is 0 Å². The lowest BCUT2D eigenvalue weighted by Gasteiger charge is -2.34. The molecule has 0 saturated heterocycles. The van der Waals surface area contributed by atoms with Gasteiger partial charge in [-0.25, -0.2) is 0 Å². The van der Waals surface area contributed by atoms with Crippen molar-refractivity contribution in [2.24, 2.45) is 0 Å². The fourth-order valence-electron chi connectivity index (χ4n) is 11.7. The first kappa shape index (κ1) is 40.1. The van der Waals surface area contributed by atoms with Gasteiger partial charge in [0.05, 0.1) is 33.1 Å². The molecule has 0 fully saturated rings. The highest BCUT2D eigenvalue weighted by Gasteiger charge is 2.41. The summed E-state index contributed by atoms with van der Waals surface area (Å²) in [6.07, 6.45) is 0. The maximum Gasteiger partial charge on any atom is 0.179 e. The number of hydrogen-bond acceptors (Lipinski definition) is 0. The molecule has 0 amide bonds. The Labute approximate surface area is 407 Å². The van der Waals surface area contributed by atoms with E-state index in [4.69, 9.17) is 0 Å². The molecule has 0 unspecified atom stereocenters. The molecule has 4 heteroatoms. The highest BCUT2D eigenvalue weighted by atomic mass is 28.3. The van der Waals surface area contributed by atoms with Crippen LogP contribution in [0.4, 0.5) is 0 Å². The Hall–Kier alpha value is -8.96. The van der Waals surface area contributed by atoms with Crippen LogP contribution in [-0.4, -0.2) is 21.8 Å². The van der Waals surface area contributed by atoms with E-state index in [1.807, 2.05) is 0 Å². The van der Waals surface area contributed by atoms with Gasteiger partial charge < -0.3 is 13.7 Å². The lowest BCUT2D eigenvalue weighted by Crippen LogP contribution is -2.74. The first-order chi connectivity index (χ1) is 34.7. The quantitative estimate of drug-likeness (QED) is 0.107. The van der Waals surface area contributed by atoms with Crippen LogP contribution in [0.1, 0.15) is 0 Å². The first-order valence-electron chi connectivity index (χ1n) is 24.2. The summed E-state index contributed by atoms with van der Waals surface area (Å²) in [5.41, 5.74) is 12.9. The fraction of sp³-hybridized carbons (Fsp3) is 0. The van der Waals surface area contributed by atoms with Gasteiger partial charge in [0.25, 0.3) is 0 Å². The SMILES string of the molecule is c1ccc(-n2c3ccccc3c3ccc(-c4ccc5c6ccccc6n(-c6ccc7c8ccccc8n(-c8ccc([Si](c9ccccc9)(c9ccccc9)c9ccccc9)cc8)c7c6)c5c4)cc32)cc1. The Morgan fingerprint density at radius 2 is 0.500 bits per heavy atom. The molecule has 328 valence electrons. The van der Waals surface area contributed by atoms with Crippen molar-refractivity contribution in [1.82, 2.24) is 13.7 Å². The maximum atomic E-state index is 2.47. The Kier molecular flexibility index (Phi) is 9.23. The minimum absolute atomic E-state index is 1.12. The van der Waals surface area contributed by atoms with Gasteiger partial charge in [-0.1, -0.05) is 206 Å². The summed E-state index contributed by atoms with van der Waals surface area (Å²) < 4.78 is 7.34. The van der Waals surface area contributed by atoms with Gasteiger partial charge in [0.1, 0.15) is 0 Å². The second-order valence-corrected chi connectivity index (χ2v) is 22.3. The van der Waals surface area contributed by atoms with Gasteiger partial charge in [-0.2, -0.15) is 0 Å². The average molecular weight is 908 g/mol. The van der Waals surface area contributed by atoms with Crippen molar-refractivity contribution < 1.29 is 0 Å². The zero-order chi connectivity index (χ0) is 46.2. The molecule has 0 aliphatic carbocycles. The Morgan fingerprint density at radius 3 is 0.943 bits per heavy atom. The van der Waals surface area contributed by atoms with Crippen molar-refractivity contribution in [2.75, 3.05) is 0 Å². The second kappa shape index (κ2) is 16.1. The predicted octanol–water partition coefficient (Wildman–Crippen LogP) is 14.0. The second-order valence-electron chi connectivity index (χ2n) is 18.5. The van der Waals surface area contributed by atoms with Gasteiger partial charge in [-0.3, -0.25) is 0 Å². The van der Waals surface area contributed by atoms with E-state index in [0.29, 0.717) is 0 Å². The highest BCUT2D eigenvalue weighted by Crippen LogP contribution is 2.40. The van der Waals surface area contributed by atoms with Gasteiger partial charge in [0, 0.05) is 49.4 Å². The number of fused-ring (bicyclic) bond motifs is 9. The van der Waals surface area contributed by atoms with Gasteiger partial charge in [-0.05, 0) is 98.6 Å². The molecule has 0 bridgehead atoms. The molecule has 0 saturated carbocycles. The molecule has 14 rings (SSSR count). The van der Waals surface area contributed by atoms with Crippen LogP contribution < -0.4 is 20.7 Å². The molecular weight excluding hydrogens is 863 g/mol. The lowest BCUT2D eigenvalue weighted by molar-refractivity contribution is 1.16. The highest BCUT2D eigenvalue weighted by molar-refractivity contribution is 7.19. The summed E-state index contributed by atoms with van der Waals surface area (Å²) in [6.45, 7) is 0. The Morgan fingerprint density at radius 1 is 0.200 bits per heavy atom. The zero-order valence-electron chi connectivity index (χ0n) is 38.3. The summed E-state index contributed by atoms with van der Waals surface area (Å²) in [4.78, 5) is 0. The molecule has 70 heavy (non-hydrogen) atoms. The van der Waals surface area contributed by atoms with E-state index in [1.165, 1.54) is 97.3 Å². The van der Waals surface area contributed by atoms with Crippen molar-refractivity contribution in [2.45, 2.75) is 0 Å². The van der Waals surface area contributed by atoms with E-state index in [0.717, 1.165) is 17.1 Å². The topological polar surface area (TPSA) is 14.8 Å². The summed E-state index contributed by atoms with van der Waals surface area (Å²) in [5, 5.41) is 12.9. The number of aromatic nitrogens is 3. The third kappa shape index (κ3) is 6.07. The van der Waals surface area contributed by atoms with Gasteiger partial charge in [0.15, 0.2) is 8.07 Å². The molecule has 0 atom stereocenters. The van der Waals surface area contributed by atoms with E-state index in [1.54, 1.807) is 0 Å². The normalized spacial score (nSPS) is 12.0. The maximum absolute atomic E-state index is 2.70. The predicted molar refractivity (Wildman–Crippen MR) is 299 cm³/mol. The van der Waals surface area contributed by atoms with Crippen molar-refractivity contribution in [1.29, 1.82) is 0 Å². The largest absolute Gasteiger partial charge is 0.309 e. The lowest BCUT2D eigenvalue weighted by atomic mass is 10.0. The van der Waals surface area contributed by atoms with Crippen LogP contribution in [0.2, 0.25) is 0 Å². The summed E-state index contributed by atoms with van der Waals surface area (Å²) in [5.74, 6) is 0. The monoisotopic (exact) mass is 907 g/mol. The van der Waals surface area contributed by atoms with E-state index in [2.05, 4.69) is 287 Å². The average Bonchev–Trinajstić information content (AvgIpc) is 4.07. The minimum Gasteiger partial charge on any atom is -0.309 e. The smallest absolute Gasteiger partial charge is 0.179 e. The molecular formula is C66H45N3Si. The molecule has 3 heterocycles. The van der Waals surface area contributed by atoms with Crippen molar-refractivity contribution in [3.8, 4) is 28.2 Å². The minimum atomic E-state index is -2.70. The molecule has 0 spiro atoms. The number of benzene rings is 11. The van der Waals surface area contributed by atoms with Crippen LogP contribution >= 0.6 is 0 Å². The molecule has 0 N–H and O–H groups in total. The number of nitrogens with zero attached hydrogens (tertiary/aromatic N) is 3. The van der Waals surface area contributed by atoms with Crippen LogP contribution in [0.3, 0.4) is 0 Å². The van der Waals surface area contributed by atoms with E-state index in [-0.39, 0.29) is 0 Å². The molecule has 14 aromatic rings. The molecule has 3 aromatic heterocycles. The fourth-order valence-corrected chi connectivity index (χ4v) is 16.5. The summed E-state index contributed by atoms with van der Waals surface area (Å²) in [6, 6.07) is 101. The number of rotatable bonds is 8. The van der Waals surface area contributed by atoms with E-state index in [9.17, 15) is 0 Å². The molecule has 11 aromatic carbocycles. The van der Waals surface area contributed by atoms with Crippen LogP contribution in [0.15, 0.2) is 273 Å². The van der Waals surface area contributed by atoms with Crippen LogP contribution in [0.25, 0.3) is 93.6 Å². The van der Waals surface area contributed by atoms with Crippen LogP contribution in [0, 0.1) is 0 Å². The molecule has 3 nitrogen and oxygen atoms in total. The van der Waals surface area contributed by atoms with Crippen molar-refractivity contribution in [3.63, 3.8) is 0 Å². The van der Waals surface area contributed by atoms with Crippen molar-refractivity contribution in [3.05, 3.63) is 273 Å². The van der Waals surface area contributed by atoms with Crippen molar-refractivity contribution >= 4 is 94.2 Å². The van der Waals surface area contributed by atoms with E-state index < -0.39 is 8.07 Å².